The van der Waals surface area contributed by atoms with Gasteiger partial charge in [0.1, 0.15) is 6.29 Å². The van der Waals surface area contributed by atoms with Gasteiger partial charge >= 0.3 is 0 Å². The third-order valence-corrected chi connectivity index (χ3v) is 1.92. The van der Waals surface area contributed by atoms with Gasteiger partial charge in [0, 0.05) is 18.9 Å². The van der Waals surface area contributed by atoms with Crippen LogP contribution in [-0.2, 0) is 9.59 Å². The molecule has 0 aromatic rings. The van der Waals surface area contributed by atoms with Crippen LogP contribution in [0.2, 0.25) is 0 Å². The molecule has 0 aromatic heterocycles. The van der Waals surface area contributed by atoms with Crippen LogP contribution in [0.15, 0.2) is 0 Å². The van der Waals surface area contributed by atoms with Gasteiger partial charge in [-0.05, 0) is 12.8 Å². The number of aldehydes is 1. The van der Waals surface area contributed by atoms with Crippen molar-refractivity contribution < 1.29 is 9.59 Å². The van der Waals surface area contributed by atoms with Gasteiger partial charge in [0.25, 0.3) is 0 Å². The minimum atomic E-state index is 0.0712. The Labute approximate surface area is 73.5 Å². The van der Waals surface area contributed by atoms with Gasteiger partial charge in [0.2, 0.25) is 5.91 Å². The molecule has 0 unspecified atom stereocenters. The van der Waals surface area contributed by atoms with E-state index in [1.807, 2.05) is 13.8 Å². The highest BCUT2D eigenvalue weighted by molar-refractivity contribution is 5.78. The Kier molecular flexibility index (Phi) is 6.34. The minimum absolute atomic E-state index is 0.0712. The lowest BCUT2D eigenvalue weighted by Crippen LogP contribution is -2.30. The Balaban J connectivity index is 3.61. The van der Waals surface area contributed by atoms with E-state index in [0.717, 1.165) is 19.1 Å². The van der Waals surface area contributed by atoms with Gasteiger partial charge in [-0.3, -0.25) is 4.79 Å². The predicted octanol–water partition coefficient (Wildman–Crippen LogP) is 1.13. The Morgan fingerprint density at radius 2 is 2.00 bits per heavy atom. The molecule has 1 N–H and O–H groups in total. The third kappa shape index (κ3) is 4.11. The van der Waals surface area contributed by atoms with Crippen molar-refractivity contribution in [3.63, 3.8) is 0 Å². The number of carbonyl (C=O) groups is 2. The lowest BCUT2D eigenvalue weighted by Gasteiger charge is -2.11. The van der Waals surface area contributed by atoms with Gasteiger partial charge in [0.15, 0.2) is 0 Å². The van der Waals surface area contributed by atoms with Gasteiger partial charge < -0.3 is 10.1 Å². The quantitative estimate of drug-likeness (QED) is 0.481. The van der Waals surface area contributed by atoms with Crippen LogP contribution in [-0.4, -0.2) is 18.7 Å². The standard InChI is InChI=1S/C9H17NO2/c1-3-8(4-2)9(12)10-6-5-7-11/h7-8H,3-6H2,1-2H3,(H,10,12). The molecule has 0 radical (unpaired) electrons. The Morgan fingerprint density at radius 1 is 1.42 bits per heavy atom. The maximum atomic E-state index is 11.3. The zero-order valence-electron chi connectivity index (χ0n) is 7.80. The summed E-state index contributed by atoms with van der Waals surface area (Å²) in [5, 5.41) is 2.72. The molecule has 0 heterocycles. The van der Waals surface area contributed by atoms with E-state index in [1.165, 1.54) is 0 Å². The van der Waals surface area contributed by atoms with Crippen molar-refractivity contribution in [2.75, 3.05) is 6.54 Å². The van der Waals surface area contributed by atoms with Crippen molar-refractivity contribution in [3.8, 4) is 0 Å². The second-order valence-electron chi connectivity index (χ2n) is 2.76. The third-order valence-electron chi connectivity index (χ3n) is 1.92. The summed E-state index contributed by atoms with van der Waals surface area (Å²) in [6, 6.07) is 0. The molecule has 3 nitrogen and oxygen atoms in total. The number of amides is 1. The first-order valence-corrected chi connectivity index (χ1v) is 4.47. The second-order valence-corrected chi connectivity index (χ2v) is 2.76. The molecule has 0 fully saturated rings. The van der Waals surface area contributed by atoms with Crippen LogP contribution in [0.25, 0.3) is 0 Å². The molecule has 0 saturated carbocycles. The van der Waals surface area contributed by atoms with Crippen molar-refractivity contribution in [1.82, 2.24) is 5.32 Å². The van der Waals surface area contributed by atoms with Gasteiger partial charge in [0.05, 0.1) is 0 Å². The molecule has 0 atom stereocenters. The summed E-state index contributed by atoms with van der Waals surface area (Å²) >= 11 is 0. The molecule has 0 aliphatic carbocycles. The van der Waals surface area contributed by atoms with Gasteiger partial charge in [-0.2, -0.15) is 0 Å². The van der Waals surface area contributed by atoms with Crippen molar-refractivity contribution in [2.24, 2.45) is 5.92 Å². The van der Waals surface area contributed by atoms with E-state index in [0.29, 0.717) is 13.0 Å². The van der Waals surface area contributed by atoms with Crippen molar-refractivity contribution in [3.05, 3.63) is 0 Å². The summed E-state index contributed by atoms with van der Waals surface area (Å²) in [7, 11) is 0. The SMILES string of the molecule is CCC(CC)C(=O)NCCC=O. The molecule has 3 heteroatoms. The maximum Gasteiger partial charge on any atom is 0.223 e. The molecule has 12 heavy (non-hydrogen) atoms. The molecular weight excluding hydrogens is 154 g/mol. The molecular formula is C9H17NO2. The van der Waals surface area contributed by atoms with Crippen LogP contribution in [0, 0.1) is 5.92 Å². The lowest BCUT2D eigenvalue weighted by atomic mass is 10.0. The fraction of sp³-hybridized carbons (Fsp3) is 0.778. The minimum Gasteiger partial charge on any atom is -0.355 e. The summed E-state index contributed by atoms with van der Waals surface area (Å²) in [4.78, 5) is 21.2. The predicted molar refractivity (Wildman–Crippen MR) is 47.8 cm³/mol. The topological polar surface area (TPSA) is 46.2 Å². The first-order chi connectivity index (χ1) is 5.76. The number of nitrogens with one attached hydrogen (secondary N) is 1. The molecule has 0 aliphatic heterocycles. The fourth-order valence-electron chi connectivity index (χ4n) is 1.06. The summed E-state index contributed by atoms with van der Waals surface area (Å²) < 4.78 is 0. The molecule has 0 rings (SSSR count). The highest BCUT2D eigenvalue weighted by atomic mass is 16.2. The summed E-state index contributed by atoms with van der Waals surface area (Å²) in [5.41, 5.74) is 0. The van der Waals surface area contributed by atoms with Crippen molar-refractivity contribution >= 4 is 12.2 Å². The Bertz CT molecular complexity index is 141. The molecule has 70 valence electrons. The molecule has 0 spiro atoms. The van der Waals surface area contributed by atoms with Crippen LogP contribution < -0.4 is 5.32 Å². The van der Waals surface area contributed by atoms with Gasteiger partial charge in [-0.25, -0.2) is 0 Å². The van der Waals surface area contributed by atoms with Gasteiger partial charge in [-0.1, -0.05) is 13.8 Å². The smallest absolute Gasteiger partial charge is 0.223 e. The van der Waals surface area contributed by atoms with Crippen molar-refractivity contribution in [2.45, 2.75) is 33.1 Å². The number of carbonyl (C=O) groups excluding carboxylic acids is 2. The van der Waals surface area contributed by atoms with E-state index in [1.54, 1.807) is 0 Å². The highest BCUT2D eigenvalue weighted by Crippen LogP contribution is 2.06. The zero-order chi connectivity index (χ0) is 9.40. The van der Waals surface area contributed by atoms with Gasteiger partial charge in [-0.15, -0.1) is 0 Å². The fourth-order valence-corrected chi connectivity index (χ4v) is 1.06. The summed E-state index contributed by atoms with van der Waals surface area (Å²) in [6.45, 7) is 4.46. The number of rotatable bonds is 6. The Hall–Kier alpha value is -0.860. The lowest BCUT2D eigenvalue weighted by molar-refractivity contribution is -0.125. The molecule has 0 aromatic carbocycles. The molecule has 0 bridgehead atoms. The number of hydrogen-bond acceptors (Lipinski definition) is 2. The van der Waals surface area contributed by atoms with E-state index >= 15 is 0 Å². The molecule has 0 aliphatic rings. The Morgan fingerprint density at radius 3 is 2.42 bits per heavy atom. The van der Waals surface area contributed by atoms with E-state index < -0.39 is 0 Å². The summed E-state index contributed by atoms with van der Waals surface area (Å²) in [6.07, 6.45) is 2.95. The average Bonchev–Trinajstić information content (AvgIpc) is 2.07. The zero-order valence-corrected chi connectivity index (χ0v) is 7.80. The largest absolute Gasteiger partial charge is 0.355 e. The van der Waals surface area contributed by atoms with Crippen LogP contribution in [0.1, 0.15) is 33.1 Å². The van der Waals surface area contributed by atoms with Crippen LogP contribution >= 0.6 is 0 Å². The monoisotopic (exact) mass is 171 g/mol. The number of hydrogen-bond donors (Lipinski definition) is 1. The molecule has 0 saturated heterocycles. The second kappa shape index (κ2) is 6.83. The normalized spacial score (nSPS) is 9.92. The first kappa shape index (κ1) is 11.1. The van der Waals surface area contributed by atoms with Crippen LogP contribution in [0.3, 0.4) is 0 Å². The maximum absolute atomic E-state index is 11.3. The first-order valence-electron chi connectivity index (χ1n) is 4.47. The van der Waals surface area contributed by atoms with E-state index in [4.69, 9.17) is 0 Å². The van der Waals surface area contributed by atoms with E-state index in [-0.39, 0.29) is 11.8 Å². The highest BCUT2D eigenvalue weighted by Gasteiger charge is 2.12. The van der Waals surface area contributed by atoms with E-state index in [2.05, 4.69) is 5.32 Å². The van der Waals surface area contributed by atoms with Crippen molar-refractivity contribution in [1.29, 1.82) is 0 Å². The van der Waals surface area contributed by atoms with Crippen LogP contribution in [0.5, 0.6) is 0 Å². The average molecular weight is 171 g/mol. The van der Waals surface area contributed by atoms with E-state index in [9.17, 15) is 9.59 Å². The van der Waals surface area contributed by atoms with Crippen LogP contribution in [0.4, 0.5) is 0 Å². The molecule has 1 amide bonds. The summed E-state index contributed by atoms with van der Waals surface area (Å²) in [5.74, 6) is 0.179.